The molecule has 9 nitrogen and oxygen atoms in total. The Labute approximate surface area is 214 Å². The van der Waals surface area contributed by atoms with E-state index in [0.717, 1.165) is 12.1 Å². The van der Waals surface area contributed by atoms with Gasteiger partial charge in [0.15, 0.2) is 5.65 Å². The lowest BCUT2D eigenvalue weighted by molar-refractivity contribution is -0.137. The summed E-state index contributed by atoms with van der Waals surface area (Å²) in [6.45, 7) is 3.47. The maximum absolute atomic E-state index is 13.6. The second kappa shape index (κ2) is 9.47. The van der Waals surface area contributed by atoms with Crippen LogP contribution in [0.1, 0.15) is 27.2 Å². The fourth-order valence-corrected chi connectivity index (χ4v) is 3.87. The molecule has 0 bridgehead atoms. The Hall–Kier alpha value is -5.00. The SMILES string of the molecule is Cc1cn(-c2cc(C(=O)Nc3ccc(C)c(NC(=O)n4ccc5cncnc54)c3)cc(C(F)(F)F)c2)cn1. The quantitative estimate of drug-likeness (QED) is 0.322. The van der Waals surface area contributed by atoms with Crippen molar-refractivity contribution in [1.29, 1.82) is 0 Å². The Morgan fingerprint density at radius 2 is 1.79 bits per heavy atom. The summed E-state index contributed by atoms with van der Waals surface area (Å²) >= 11 is 0. The van der Waals surface area contributed by atoms with Gasteiger partial charge in [0.1, 0.15) is 6.33 Å². The number of rotatable bonds is 4. The fourth-order valence-electron chi connectivity index (χ4n) is 3.87. The minimum atomic E-state index is -4.66. The summed E-state index contributed by atoms with van der Waals surface area (Å²) in [4.78, 5) is 38.0. The molecule has 0 unspecified atom stereocenters. The number of amides is 2. The normalized spacial score (nSPS) is 11.5. The molecule has 0 atom stereocenters. The molecule has 2 aromatic carbocycles. The molecule has 0 aliphatic carbocycles. The van der Waals surface area contributed by atoms with Crippen molar-refractivity contribution in [2.45, 2.75) is 20.0 Å². The van der Waals surface area contributed by atoms with E-state index in [1.54, 1.807) is 50.6 Å². The number of carbonyl (C=O) groups excluding carboxylic acids is 2. The highest BCUT2D eigenvalue weighted by Gasteiger charge is 2.32. The van der Waals surface area contributed by atoms with Gasteiger partial charge in [-0.3, -0.25) is 9.36 Å². The third-order valence-electron chi connectivity index (χ3n) is 5.82. The van der Waals surface area contributed by atoms with Crippen LogP contribution in [0.4, 0.5) is 29.3 Å². The van der Waals surface area contributed by atoms with Crippen LogP contribution in [0.2, 0.25) is 0 Å². The van der Waals surface area contributed by atoms with Gasteiger partial charge in [-0.05, 0) is 55.8 Å². The van der Waals surface area contributed by atoms with E-state index in [2.05, 4.69) is 25.6 Å². The molecule has 0 aliphatic heterocycles. The van der Waals surface area contributed by atoms with Crippen LogP contribution in [0.15, 0.2) is 73.7 Å². The van der Waals surface area contributed by atoms with Crippen molar-refractivity contribution >= 4 is 34.3 Å². The number of benzene rings is 2. The number of halogens is 3. The molecule has 3 aromatic heterocycles. The molecule has 3 heterocycles. The van der Waals surface area contributed by atoms with Crippen LogP contribution in [0.5, 0.6) is 0 Å². The van der Waals surface area contributed by atoms with Gasteiger partial charge in [-0.25, -0.2) is 19.7 Å². The van der Waals surface area contributed by atoms with Gasteiger partial charge in [0.2, 0.25) is 0 Å². The fraction of sp³-hybridized carbons (Fsp3) is 0.115. The summed E-state index contributed by atoms with van der Waals surface area (Å²) in [5.41, 5.74) is 1.42. The van der Waals surface area contributed by atoms with Gasteiger partial charge in [0, 0.05) is 46.6 Å². The second-order valence-corrected chi connectivity index (χ2v) is 8.59. The number of imidazole rings is 1. The molecule has 0 radical (unpaired) electrons. The molecule has 5 rings (SSSR count). The summed E-state index contributed by atoms with van der Waals surface area (Å²) in [6.07, 6.45) is 2.76. The van der Waals surface area contributed by atoms with Crippen molar-refractivity contribution in [2.24, 2.45) is 0 Å². The number of carbonyl (C=O) groups is 2. The van der Waals surface area contributed by atoms with E-state index in [1.807, 2.05) is 0 Å². The molecule has 38 heavy (non-hydrogen) atoms. The van der Waals surface area contributed by atoms with Gasteiger partial charge in [-0.1, -0.05) is 6.07 Å². The Kier molecular flexibility index (Phi) is 6.15. The predicted octanol–water partition coefficient (Wildman–Crippen LogP) is 5.59. The highest BCUT2D eigenvalue weighted by atomic mass is 19.4. The average molecular weight is 519 g/mol. The first kappa shape index (κ1) is 24.7. The lowest BCUT2D eigenvalue weighted by Gasteiger charge is -2.14. The van der Waals surface area contributed by atoms with E-state index in [1.165, 1.54) is 33.9 Å². The number of fused-ring (bicyclic) bond motifs is 1. The van der Waals surface area contributed by atoms with E-state index in [0.29, 0.717) is 28.0 Å². The molecule has 0 aliphatic rings. The van der Waals surface area contributed by atoms with Gasteiger partial charge in [0.25, 0.3) is 5.91 Å². The molecular weight excluding hydrogens is 499 g/mol. The highest BCUT2D eigenvalue weighted by molar-refractivity contribution is 6.05. The van der Waals surface area contributed by atoms with Crippen LogP contribution in [0.3, 0.4) is 0 Å². The van der Waals surface area contributed by atoms with E-state index < -0.39 is 23.7 Å². The molecule has 0 saturated heterocycles. The van der Waals surface area contributed by atoms with E-state index >= 15 is 0 Å². The van der Waals surface area contributed by atoms with Crippen molar-refractivity contribution in [2.75, 3.05) is 10.6 Å². The topological polar surface area (TPSA) is 107 Å². The molecule has 2 amide bonds. The zero-order valence-corrected chi connectivity index (χ0v) is 20.1. The predicted molar refractivity (Wildman–Crippen MR) is 134 cm³/mol. The Morgan fingerprint density at radius 1 is 0.974 bits per heavy atom. The van der Waals surface area contributed by atoms with Gasteiger partial charge in [0.05, 0.1) is 17.6 Å². The molecule has 0 fully saturated rings. The van der Waals surface area contributed by atoms with Crippen LogP contribution in [-0.4, -0.2) is 36.0 Å². The maximum Gasteiger partial charge on any atom is 0.416 e. The maximum atomic E-state index is 13.6. The number of aromatic nitrogens is 5. The number of aryl methyl sites for hydroxylation is 2. The number of hydrogen-bond acceptors (Lipinski definition) is 5. The van der Waals surface area contributed by atoms with Crippen LogP contribution >= 0.6 is 0 Å². The lowest BCUT2D eigenvalue weighted by Crippen LogP contribution is -2.20. The Balaban J connectivity index is 1.41. The van der Waals surface area contributed by atoms with Crippen molar-refractivity contribution in [3.63, 3.8) is 0 Å². The monoisotopic (exact) mass is 519 g/mol. The Bertz CT molecular complexity index is 1690. The summed E-state index contributed by atoms with van der Waals surface area (Å²) < 4.78 is 43.5. The largest absolute Gasteiger partial charge is 0.416 e. The lowest BCUT2D eigenvalue weighted by atomic mass is 10.1. The van der Waals surface area contributed by atoms with Crippen molar-refractivity contribution < 1.29 is 22.8 Å². The number of nitrogens with zero attached hydrogens (tertiary/aromatic N) is 5. The zero-order chi connectivity index (χ0) is 27.0. The van der Waals surface area contributed by atoms with Crippen LogP contribution in [0.25, 0.3) is 16.7 Å². The molecule has 12 heteroatoms. The zero-order valence-electron chi connectivity index (χ0n) is 20.1. The van der Waals surface area contributed by atoms with Gasteiger partial charge in [-0.2, -0.15) is 13.2 Å². The van der Waals surface area contributed by atoms with Crippen LogP contribution in [0, 0.1) is 13.8 Å². The average Bonchev–Trinajstić information content (AvgIpc) is 3.51. The standard InChI is InChI=1S/C26H20F3N7O2/c1-15-3-4-20(10-22(15)34-25(38)36-6-5-17-11-30-13-31-23(17)36)33-24(37)18-7-19(26(27,28)29)9-21(8-18)35-12-16(2)32-14-35/h3-14H,1-2H3,(H,33,37)(H,34,38). The van der Waals surface area contributed by atoms with Gasteiger partial charge in [-0.15, -0.1) is 0 Å². The minimum absolute atomic E-state index is 0.144. The molecule has 0 saturated carbocycles. The van der Waals surface area contributed by atoms with Gasteiger partial charge < -0.3 is 15.2 Å². The molecule has 5 aromatic rings. The first-order chi connectivity index (χ1) is 18.1. The summed E-state index contributed by atoms with van der Waals surface area (Å²) in [5.74, 6) is -0.747. The number of hydrogen-bond donors (Lipinski definition) is 2. The molecular formula is C26H20F3N7O2. The van der Waals surface area contributed by atoms with Crippen molar-refractivity contribution in [1.82, 2.24) is 24.1 Å². The van der Waals surface area contributed by atoms with E-state index in [9.17, 15) is 22.8 Å². The van der Waals surface area contributed by atoms with Crippen LogP contribution in [-0.2, 0) is 6.18 Å². The highest BCUT2D eigenvalue weighted by Crippen LogP contribution is 2.32. The van der Waals surface area contributed by atoms with Crippen molar-refractivity contribution in [3.05, 3.63) is 96.1 Å². The molecule has 192 valence electrons. The van der Waals surface area contributed by atoms with E-state index in [4.69, 9.17) is 0 Å². The first-order valence-electron chi connectivity index (χ1n) is 11.3. The third kappa shape index (κ3) is 4.96. The number of nitrogens with one attached hydrogen (secondary N) is 2. The molecule has 2 N–H and O–H groups in total. The second-order valence-electron chi connectivity index (χ2n) is 8.59. The minimum Gasteiger partial charge on any atom is -0.322 e. The number of anilines is 2. The summed E-state index contributed by atoms with van der Waals surface area (Å²) in [5, 5.41) is 6.08. The number of alkyl halides is 3. The third-order valence-corrected chi connectivity index (χ3v) is 5.82. The Morgan fingerprint density at radius 3 is 2.53 bits per heavy atom. The van der Waals surface area contributed by atoms with E-state index in [-0.39, 0.29) is 16.9 Å². The summed E-state index contributed by atoms with van der Waals surface area (Å²) in [7, 11) is 0. The molecule has 0 spiro atoms. The van der Waals surface area contributed by atoms with Crippen molar-refractivity contribution in [3.8, 4) is 5.69 Å². The van der Waals surface area contributed by atoms with Gasteiger partial charge >= 0.3 is 12.2 Å². The first-order valence-corrected chi connectivity index (χ1v) is 11.3. The van der Waals surface area contributed by atoms with Crippen LogP contribution < -0.4 is 10.6 Å². The smallest absolute Gasteiger partial charge is 0.322 e. The summed E-state index contributed by atoms with van der Waals surface area (Å²) in [6, 6.07) is 9.10.